The van der Waals surface area contributed by atoms with Crippen molar-refractivity contribution in [3.8, 4) is 6.07 Å². The minimum Gasteiger partial charge on any atom is -0.309 e. The molecule has 2 aromatic heterocycles. The maximum Gasteiger partial charge on any atom is 0.252 e. The van der Waals surface area contributed by atoms with E-state index in [-0.39, 0.29) is 5.56 Å². The third-order valence-corrected chi connectivity index (χ3v) is 4.71. The van der Waals surface area contributed by atoms with Crippen LogP contribution < -0.4 is 5.56 Å². The predicted molar refractivity (Wildman–Crippen MR) is 77.9 cm³/mol. The molecule has 0 N–H and O–H groups in total. The Kier molecular flexibility index (Phi) is 3.66. The first kappa shape index (κ1) is 13.1. The Morgan fingerprint density at radius 3 is 3.00 bits per heavy atom. The van der Waals surface area contributed by atoms with E-state index in [1.807, 2.05) is 6.07 Å². The number of aryl methyl sites for hydroxylation is 2. The van der Waals surface area contributed by atoms with Crippen molar-refractivity contribution < 1.29 is 0 Å². The van der Waals surface area contributed by atoms with Crippen LogP contribution in [0.1, 0.15) is 40.4 Å². The number of fused-ring (bicyclic) bond motifs is 1. The van der Waals surface area contributed by atoms with Crippen molar-refractivity contribution in [3.63, 3.8) is 0 Å². The smallest absolute Gasteiger partial charge is 0.252 e. The van der Waals surface area contributed by atoms with Gasteiger partial charge < -0.3 is 4.57 Å². The molecule has 0 spiro atoms. The summed E-state index contributed by atoms with van der Waals surface area (Å²) in [6.07, 6.45) is 7.60. The van der Waals surface area contributed by atoms with E-state index in [9.17, 15) is 4.79 Å². The molecule has 0 saturated carbocycles. The molecule has 4 nitrogen and oxygen atoms in total. The largest absolute Gasteiger partial charge is 0.309 e. The third kappa shape index (κ3) is 2.66. The highest BCUT2D eigenvalue weighted by molar-refractivity contribution is 7.11. The predicted octanol–water partition coefficient (Wildman–Crippen LogP) is 2.49. The Bertz CT molecular complexity index is 700. The molecule has 0 aliphatic heterocycles. The van der Waals surface area contributed by atoms with Crippen LogP contribution in [0.5, 0.6) is 0 Å². The van der Waals surface area contributed by atoms with Gasteiger partial charge in [0.1, 0.15) is 5.01 Å². The van der Waals surface area contributed by atoms with Gasteiger partial charge >= 0.3 is 0 Å². The summed E-state index contributed by atoms with van der Waals surface area (Å²) in [5, 5.41) is 9.76. The van der Waals surface area contributed by atoms with E-state index in [0.717, 1.165) is 17.8 Å². The van der Waals surface area contributed by atoms with Gasteiger partial charge in [0.15, 0.2) is 0 Å². The average Bonchev–Trinajstić information content (AvgIpc) is 2.70. The van der Waals surface area contributed by atoms with Crippen LogP contribution in [0.4, 0.5) is 0 Å². The van der Waals surface area contributed by atoms with Crippen LogP contribution >= 0.6 is 11.3 Å². The molecule has 2 heterocycles. The first-order chi connectivity index (χ1) is 9.76. The average molecular weight is 285 g/mol. The first-order valence-electron chi connectivity index (χ1n) is 6.84. The van der Waals surface area contributed by atoms with Gasteiger partial charge in [0.25, 0.3) is 5.56 Å². The van der Waals surface area contributed by atoms with Crippen LogP contribution in [-0.2, 0) is 19.4 Å². The molecule has 20 heavy (non-hydrogen) atoms. The maximum absolute atomic E-state index is 11.9. The highest BCUT2D eigenvalue weighted by Gasteiger charge is 2.14. The zero-order chi connectivity index (χ0) is 13.9. The minimum absolute atomic E-state index is 0.144. The van der Waals surface area contributed by atoms with Crippen molar-refractivity contribution in [1.82, 2.24) is 9.55 Å². The highest BCUT2D eigenvalue weighted by Crippen LogP contribution is 2.26. The van der Waals surface area contributed by atoms with Crippen LogP contribution in [0, 0.1) is 11.3 Å². The molecule has 102 valence electrons. The summed E-state index contributed by atoms with van der Waals surface area (Å²) in [6.45, 7) is 0.502. The Balaban J connectivity index is 1.85. The summed E-state index contributed by atoms with van der Waals surface area (Å²) < 4.78 is 1.61. The van der Waals surface area contributed by atoms with Crippen LogP contribution in [0.3, 0.4) is 0 Å². The molecule has 0 unspecified atom stereocenters. The number of nitriles is 1. The quantitative estimate of drug-likeness (QED) is 0.797. The second kappa shape index (κ2) is 5.59. The van der Waals surface area contributed by atoms with Gasteiger partial charge in [-0.1, -0.05) is 6.42 Å². The second-order valence-corrected chi connectivity index (χ2v) is 6.20. The molecular weight excluding hydrogens is 270 g/mol. The number of rotatable bonds is 2. The summed E-state index contributed by atoms with van der Waals surface area (Å²) in [5.74, 6) is 0. The summed E-state index contributed by atoms with van der Waals surface area (Å²) in [6, 6.07) is 5.02. The second-order valence-electron chi connectivity index (χ2n) is 5.03. The SMILES string of the molecule is N#Cc1ccn(Cc2nc3c(s2)CCCCC3)c(=O)c1. The number of hydrogen-bond donors (Lipinski definition) is 0. The Morgan fingerprint density at radius 2 is 2.20 bits per heavy atom. The topological polar surface area (TPSA) is 58.7 Å². The van der Waals surface area contributed by atoms with E-state index in [1.165, 1.54) is 35.9 Å². The number of pyridine rings is 1. The normalized spacial score (nSPS) is 14.3. The van der Waals surface area contributed by atoms with Gasteiger partial charge in [-0.3, -0.25) is 4.79 Å². The van der Waals surface area contributed by atoms with Crippen LogP contribution in [0.25, 0.3) is 0 Å². The first-order valence-corrected chi connectivity index (χ1v) is 7.66. The van der Waals surface area contributed by atoms with Crippen LogP contribution in [0.15, 0.2) is 23.1 Å². The van der Waals surface area contributed by atoms with Gasteiger partial charge in [0.05, 0.1) is 23.9 Å². The van der Waals surface area contributed by atoms with E-state index >= 15 is 0 Å². The van der Waals surface area contributed by atoms with Gasteiger partial charge in [-0.2, -0.15) is 5.26 Å². The van der Waals surface area contributed by atoms with Gasteiger partial charge in [0, 0.05) is 17.1 Å². The molecule has 1 aliphatic carbocycles. The molecule has 0 atom stereocenters. The fourth-order valence-electron chi connectivity index (χ4n) is 2.50. The monoisotopic (exact) mass is 285 g/mol. The molecule has 3 rings (SSSR count). The Labute approximate surface area is 121 Å². The lowest BCUT2D eigenvalue weighted by atomic mass is 10.2. The molecule has 1 aliphatic rings. The van der Waals surface area contributed by atoms with Crippen molar-refractivity contribution in [3.05, 3.63) is 49.8 Å². The lowest BCUT2D eigenvalue weighted by Gasteiger charge is -2.02. The van der Waals surface area contributed by atoms with Crippen molar-refractivity contribution >= 4 is 11.3 Å². The molecule has 0 bridgehead atoms. The molecule has 5 heteroatoms. The van der Waals surface area contributed by atoms with E-state index in [0.29, 0.717) is 12.1 Å². The van der Waals surface area contributed by atoms with E-state index in [1.54, 1.807) is 28.2 Å². The minimum atomic E-state index is -0.144. The van der Waals surface area contributed by atoms with Crippen molar-refractivity contribution in [2.75, 3.05) is 0 Å². The van der Waals surface area contributed by atoms with Gasteiger partial charge in [0.2, 0.25) is 0 Å². The molecule has 2 aromatic rings. The summed E-state index contributed by atoms with van der Waals surface area (Å²) in [4.78, 5) is 18.0. The van der Waals surface area contributed by atoms with Gasteiger partial charge in [-0.15, -0.1) is 11.3 Å². The van der Waals surface area contributed by atoms with Crippen molar-refractivity contribution in [1.29, 1.82) is 5.26 Å². The number of thiazole rings is 1. The molecule has 0 fully saturated rings. The lowest BCUT2D eigenvalue weighted by Crippen LogP contribution is -2.19. The number of nitrogens with zero attached hydrogens (tertiary/aromatic N) is 3. The van der Waals surface area contributed by atoms with Crippen molar-refractivity contribution in [2.45, 2.75) is 38.6 Å². The Hall–Kier alpha value is -1.93. The van der Waals surface area contributed by atoms with Crippen LogP contribution in [-0.4, -0.2) is 9.55 Å². The van der Waals surface area contributed by atoms with Gasteiger partial charge in [-0.05, 0) is 31.7 Å². The fourth-order valence-corrected chi connectivity index (χ4v) is 3.66. The summed E-state index contributed by atoms with van der Waals surface area (Å²) in [5.41, 5.74) is 1.49. The Morgan fingerprint density at radius 1 is 1.35 bits per heavy atom. The maximum atomic E-state index is 11.9. The molecular formula is C15H15N3OS. The molecule has 0 radical (unpaired) electrons. The van der Waals surface area contributed by atoms with Crippen LogP contribution in [0.2, 0.25) is 0 Å². The zero-order valence-electron chi connectivity index (χ0n) is 11.1. The number of aromatic nitrogens is 2. The van der Waals surface area contributed by atoms with E-state index < -0.39 is 0 Å². The molecule has 0 saturated heterocycles. The van der Waals surface area contributed by atoms with Crippen molar-refractivity contribution in [2.24, 2.45) is 0 Å². The number of hydrogen-bond acceptors (Lipinski definition) is 4. The van der Waals surface area contributed by atoms with Gasteiger partial charge in [-0.25, -0.2) is 4.98 Å². The van der Waals surface area contributed by atoms with E-state index in [2.05, 4.69) is 4.98 Å². The molecule has 0 aromatic carbocycles. The molecule has 0 amide bonds. The lowest BCUT2D eigenvalue weighted by molar-refractivity contribution is 0.704. The van der Waals surface area contributed by atoms with E-state index in [4.69, 9.17) is 5.26 Å². The summed E-state index contributed by atoms with van der Waals surface area (Å²) in [7, 11) is 0. The summed E-state index contributed by atoms with van der Waals surface area (Å²) >= 11 is 1.73. The highest BCUT2D eigenvalue weighted by atomic mass is 32.1. The standard InChI is InChI=1S/C15H15N3OS/c16-9-11-6-7-18(15(19)8-11)10-14-17-12-4-2-1-3-5-13(12)20-14/h6-8H,1-5,10H2. The third-order valence-electron chi connectivity index (χ3n) is 3.57. The fraction of sp³-hybridized carbons (Fsp3) is 0.400. The zero-order valence-corrected chi connectivity index (χ0v) is 11.9.